The molecule has 160 valence electrons. The molecule has 0 spiro atoms. The first-order valence-corrected chi connectivity index (χ1v) is 10.2. The van der Waals surface area contributed by atoms with Gasteiger partial charge in [-0.3, -0.25) is 0 Å². The number of anilines is 4. The molecule has 1 fully saturated rings. The van der Waals surface area contributed by atoms with Crippen LogP contribution in [-0.2, 0) is 0 Å². The Balaban J connectivity index is 1.57. The van der Waals surface area contributed by atoms with Gasteiger partial charge in [-0.15, -0.1) is 0 Å². The zero-order valence-corrected chi connectivity index (χ0v) is 17.3. The first kappa shape index (κ1) is 20.4. The lowest BCUT2D eigenvalue weighted by atomic mass is 10.1. The number of piperidine rings is 1. The summed E-state index contributed by atoms with van der Waals surface area (Å²) in [6, 6.07) is 14.9. The van der Waals surface area contributed by atoms with E-state index in [-0.39, 0.29) is 5.75 Å². The fraction of sp³-hybridized carbons (Fsp3) is 0.273. The lowest BCUT2D eigenvalue weighted by Crippen LogP contribution is -2.31. The Morgan fingerprint density at radius 2 is 1.74 bits per heavy atom. The van der Waals surface area contributed by atoms with Crippen LogP contribution in [0.3, 0.4) is 0 Å². The van der Waals surface area contributed by atoms with Crippen LogP contribution in [-0.4, -0.2) is 46.5 Å². The summed E-state index contributed by atoms with van der Waals surface area (Å²) in [7, 11) is 1.50. The smallest absolute Gasteiger partial charge is 0.250 e. The van der Waals surface area contributed by atoms with Gasteiger partial charge in [0.1, 0.15) is 0 Å². The summed E-state index contributed by atoms with van der Waals surface area (Å²) >= 11 is 0. The number of benzene rings is 2. The third-order valence-corrected chi connectivity index (χ3v) is 4.91. The van der Waals surface area contributed by atoms with Gasteiger partial charge in [0.2, 0.25) is 17.8 Å². The normalized spacial score (nSPS) is 13.9. The van der Waals surface area contributed by atoms with Crippen molar-refractivity contribution in [2.45, 2.75) is 19.3 Å². The van der Waals surface area contributed by atoms with Crippen LogP contribution < -0.4 is 20.4 Å². The van der Waals surface area contributed by atoms with Gasteiger partial charge in [-0.25, -0.2) is 5.43 Å². The molecule has 3 N–H and O–H groups in total. The zero-order chi connectivity index (χ0) is 21.5. The maximum absolute atomic E-state index is 10.2. The topological polar surface area (TPSA) is 108 Å². The van der Waals surface area contributed by atoms with E-state index in [4.69, 9.17) is 4.74 Å². The molecule has 31 heavy (non-hydrogen) atoms. The monoisotopic (exact) mass is 419 g/mol. The molecule has 1 aliphatic rings. The van der Waals surface area contributed by atoms with Crippen molar-refractivity contribution in [2.24, 2.45) is 5.10 Å². The van der Waals surface area contributed by atoms with E-state index >= 15 is 0 Å². The molecule has 0 atom stereocenters. The van der Waals surface area contributed by atoms with E-state index in [0.29, 0.717) is 29.2 Å². The van der Waals surface area contributed by atoms with Gasteiger partial charge in [0.05, 0.1) is 13.3 Å². The minimum Gasteiger partial charge on any atom is -0.504 e. The maximum atomic E-state index is 10.2. The van der Waals surface area contributed by atoms with E-state index < -0.39 is 0 Å². The van der Waals surface area contributed by atoms with Crippen molar-refractivity contribution in [3.05, 3.63) is 54.1 Å². The number of methoxy groups -OCH3 is 1. The number of aromatic hydroxyl groups is 1. The van der Waals surface area contributed by atoms with E-state index in [2.05, 4.69) is 35.7 Å². The molecule has 0 saturated carbocycles. The standard InChI is InChI=1S/C22H25N7O2/c1-31-18-12-8-9-16(19(18)30)15-23-28-21-25-20(24-17-10-4-2-5-11-17)26-22(27-21)29-13-6-3-7-14-29/h2,4-5,8-12,15,30H,3,6-7,13-14H2,1H3,(H2,24,25,26,27,28). The molecule has 0 unspecified atom stereocenters. The van der Waals surface area contributed by atoms with E-state index in [1.807, 2.05) is 30.3 Å². The predicted molar refractivity (Wildman–Crippen MR) is 121 cm³/mol. The van der Waals surface area contributed by atoms with Gasteiger partial charge in [-0.2, -0.15) is 20.1 Å². The van der Waals surface area contributed by atoms with Crippen LogP contribution in [0.1, 0.15) is 24.8 Å². The molecule has 0 aliphatic carbocycles. The van der Waals surface area contributed by atoms with Crippen LogP contribution in [0.4, 0.5) is 23.5 Å². The summed E-state index contributed by atoms with van der Waals surface area (Å²) in [4.78, 5) is 15.7. The van der Waals surface area contributed by atoms with Gasteiger partial charge in [-0.1, -0.05) is 24.3 Å². The number of para-hydroxylation sites is 2. The summed E-state index contributed by atoms with van der Waals surface area (Å²) < 4.78 is 5.13. The van der Waals surface area contributed by atoms with Crippen LogP contribution in [0.15, 0.2) is 53.6 Å². The fourth-order valence-electron chi connectivity index (χ4n) is 3.32. The molecule has 2 aromatic carbocycles. The van der Waals surface area contributed by atoms with E-state index in [1.54, 1.807) is 18.2 Å². The Bertz CT molecular complexity index is 1040. The second-order valence-electron chi connectivity index (χ2n) is 7.09. The summed E-state index contributed by atoms with van der Waals surface area (Å²) in [5.74, 6) is 1.75. The van der Waals surface area contributed by atoms with Gasteiger partial charge >= 0.3 is 0 Å². The fourth-order valence-corrected chi connectivity index (χ4v) is 3.32. The Morgan fingerprint density at radius 3 is 2.52 bits per heavy atom. The molecule has 9 heteroatoms. The number of aromatic nitrogens is 3. The van der Waals surface area contributed by atoms with Crippen molar-refractivity contribution in [3.8, 4) is 11.5 Å². The number of hydrazone groups is 1. The van der Waals surface area contributed by atoms with E-state index in [9.17, 15) is 5.11 Å². The molecular weight excluding hydrogens is 394 g/mol. The minimum atomic E-state index is 0.0200. The average molecular weight is 419 g/mol. The van der Waals surface area contributed by atoms with Gasteiger partial charge in [0.25, 0.3) is 0 Å². The average Bonchev–Trinajstić information content (AvgIpc) is 2.81. The van der Waals surface area contributed by atoms with Crippen LogP contribution in [0.5, 0.6) is 11.5 Å². The largest absolute Gasteiger partial charge is 0.504 e. The molecule has 3 aromatic rings. The molecule has 4 rings (SSSR count). The first-order valence-electron chi connectivity index (χ1n) is 10.2. The number of hydrogen-bond donors (Lipinski definition) is 3. The second-order valence-corrected chi connectivity index (χ2v) is 7.09. The highest BCUT2D eigenvalue weighted by Crippen LogP contribution is 2.28. The van der Waals surface area contributed by atoms with Gasteiger partial charge in [0.15, 0.2) is 11.5 Å². The molecule has 1 aliphatic heterocycles. The van der Waals surface area contributed by atoms with Gasteiger partial charge < -0.3 is 20.1 Å². The Hall–Kier alpha value is -3.88. The van der Waals surface area contributed by atoms with Crippen LogP contribution in [0, 0.1) is 0 Å². The van der Waals surface area contributed by atoms with Crippen molar-refractivity contribution >= 4 is 29.7 Å². The molecule has 0 amide bonds. The Kier molecular flexibility index (Phi) is 6.41. The van der Waals surface area contributed by atoms with E-state index in [0.717, 1.165) is 31.6 Å². The Morgan fingerprint density at radius 1 is 0.968 bits per heavy atom. The zero-order valence-electron chi connectivity index (χ0n) is 17.3. The number of nitrogens with zero attached hydrogens (tertiary/aromatic N) is 5. The molecule has 1 saturated heterocycles. The van der Waals surface area contributed by atoms with Crippen molar-refractivity contribution in [3.63, 3.8) is 0 Å². The summed E-state index contributed by atoms with van der Waals surface area (Å²) in [6.45, 7) is 1.82. The SMILES string of the molecule is COc1cccc(C=NNc2nc(Nc3ccccc3)nc(N3CCCCC3)n2)c1O. The van der Waals surface area contributed by atoms with Crippen LogP contribution in [0.25, 0.3) is 0 Å². The Labute approximate surface area is 180 Å². The molecular formula is C22H25N7O2. The second kappa shape index (κ2) is 9.75. The lowest BCUT2D eigenvalue weighted by molar-refractivity contribution is 0.373. The number of rotatable bonds is 7. The maximum Gasteiger partial charge on any atom is 0.250 e. The molecule has 0 bridgehead atoms. The van der Waals surface area contributed by atoms with Gasteiger partial charge in [-0.05, 0) is 43.5 Å². The molecule has 0 radical (unpaired) electrons. The molecule has 1 aromatic heterocycles. The third kappa shape index (κ3) is 5.19. The van der Waals surface area contributed by atoms with Crippen molar-refractivity contribution < 1.29 is 9.84 Å². The number of hydrogen-bond acceptors (Lipinski definition) is 9. The number of phenols is 1. The van der Waals surface area contributed by atoms with Crippen LogP contribution in [0.2, 0.25) is 0 Å². The van der Waals surface area contributed by atoms with Crippen molar-refractivity contribution in [1.29, 1.82) is 0 Å². The molecule has 2 heterocycles. The van der Waals surface area contributed by atoms with Crippen LogP contribution >= 0.6 is 0 Å². The number of ether oxygens (including phenoxy) is 1. The van der Waals surface area contributed by atoms with Gasteiger partial charge in [0, 0.05) is 24.3 Å². The molecule has 9 nitrogen and oxygen atoms in total. The predicted octanol–water partition coefficient (Wildman–Crippen LogP) is 3.77. The summed E-state index contributed by atoms with van der Waals surface area (Å²) in [5.41, 5.74) is 4.25. The van der Waals surface area contributed by atoms with E-state index in [1.165, 1.54) is 19.7 Å². The first-order chi connectivity index (χ1) is 15.2. The minimum absolute atomic E-state index is 0.0200. The lowest BCUT2D eigenvalue weighted by Gasteiger charge is -2.26. The summed E-state index contributed by atoms with van der Waals surface area (Å²) in [5, 5.41) is 17.6. The quantitative estimate of drug-likeness (QED) is 0.392. The third-order valence-electron chi connectivity index (χ3n) is 4.91. The highest BCUT2D eigenvalue weighted by Gasteiger charge is 2.16. The highest BCUT2D eigenvalue weighted by atomic mass is 16.5. The van der Waals surface area contributed by atoms with Crippen molar-refractivity contribution in [2.75, 3.05) is 35.8 Å². The highest BCUT2D eigenvalue weighted by molar-refractivity contribution is 5.85. The number of nitrogens with one attached hydrogen (secondary N) is 2. The number of phenolic OH excluding ortho intramolecular Hbond substituents is 1. The van der Waals surface area contributed by atoms with Crippen molar-refractivity contribution in [1.82, 2.24) is 15.0 Å². The summed E-state index contributed by atoms with van der Waals surface area (Å²) in [6.07, 6.45) is 4.94.